The number of rotatable bonds is 9. The number of guanidine groups is 1. The number of para-hydroxylation sites is 1. The molecule has 0 fully saturated rings. The number of benzene rings is 2. The van der Waals surface area contributed by atoms with Crippen LogP contribution in [-0.4, -0.2) is 50.1 Å². The number of nitrogens with zero attached hydrogens (tertiary/aromatic N) is 2. The van der Waals surface area contributed by atoms with Crippen LogP contribution in [0.5, 0.6) is 5.75 Å². The van der Waals surface area contributed by atoms with Gasteiger partial charge in [-0.15, -0.1) is 24.0 Å². The number of hydrogen-bond donors (Lipinski definition) is 2. The molecule has 2 N–H and O–H groups in total. The Kier molecular flexibility index (Phi) is 11.8. The van der Waals surface area contributed by atoms with Crippen molar-refractivity contribution in [3.8, 4) is 5.75 Å². The number of carbonyl (C=O) groups excluding carboxylic acids is 1. The molecule has 2 aromatic rings. The van der Waals surface area contributed by atoms with Gasteiger partial charge in [0.2, 0.25) is 5.91 Å². The summed E-state index contributed by atoms with van der Waals surface area (Å²) in [6.07, 6.45) is 0.435. The predicted octanol–water partition coefficient (Wildman–Crippen LogP) is 3.42. The van der Waals surface area contributed by atoms with E-state index >= 15 is 0 Å². The van der Waals surface area contributed by atoms with E-state index in [-0.39, 0.29) is 48.3 Å². The lowest BCUT2D eigenvalue weighted by atomic mass is 10.2. The highest BCUT2D eigenvalue weighted by molar-refractivity contribution is 14.0. The van der Waals surface area contributed by atoms with Gasteiger partial charge in [-0.25, -0.2) is 9.38 Å². The average molecular weight is 528 g/mol. The molecule has 0 radical (unpaired) electrons. The van der Waals surface area contributed by atoms with Crippen molar-refractivity contribution in [3.05, 3.63) is 66.0 Å². The van der Waals surface area contributed by atoms with Crippen LogP contribution >= 0.6 is 24.0 Å². The van der Waals surface area contributed by atoms with E-state index in [2.05, 4.69) is 15.6 Å². The maximum Gasteiger partial charge on any atom is 0.241 e. The van der Waals surface area contributed by atoms with Crippen LogP contribution in [0, 0.1) is 5.82 Å². The zero-order valence-electron chi connectivity index (χ0n) is 17.6. The molecule has 0 saturated carbocycles. The number of ether oxygens (including phenoxy) is 1. The van der Waals surface area contributed by atoms with Crippen molar-refractivity contribution < 1.29 is 13.9 Å². The Balaban J connectivity index is 0.00000450. The molecule has 0 aliphatic carbocycles. The molecule has 0 aromatic heterocycles. The lowest BCUT2D eigenvalue weighted by Crippen LogP contribution is -2.45. The van der Waals surface area contributed by atoms with Crippen LogP contribution in [0.4, 0.5) is 4.39 Å². The summed E-state index contributed by atoms with van der Waals surface area (Å²) < 4.78 is 19.6. The maximum absolute atomic E-state index is 13.9. The number of halogens is 2. The molecule has 0 heterocycles. The van der Waals surface area contributed by atoms with Gasteiger partial charge in [-0.05, 0) is 24.1 Å². The van der Waals surface area contributed by atoms with Crippen LogP contribution in [0.15, 0.2) is 59.6 Å². The van der Waals surface area contributed by atoms with Crippen LogP contribution in [-0.2, 0) is 11.3 Å². The fourth-order valence-electron chi connectivity index (χ4n) is 2.45. The smallest absolute Gasteiger partial charge is 0.241 e. The third-order valence-corrected chi connectivity index (χ3v) is 4.25. The summed E-state index contributed by atoms with van der Waals surface area (Å²) in [7, 11) is 3.40. The Morgan fingerprint density at radius 1 is 1.10 bits per heavy atom. The topological polar surface area (TPSA) is 66.0 Å². The normalized spacial score (nSPS) is 11.8. The first-order chi connectivity index (χ1) is 14.0. The van der Waals surface area contributed by atoms with E-state index < -0.39 is 5.82 Å². The number of likely N-dealkylation sites (N-methyl/N-ethyl adjacent to an activating group) is 1. The zero-order chi connectivity index (χ0) is 21.1. The largest absolute Gasteiger partial charge is 0.486 e. The zero-order valence-corrected chi connectivity index (χ0v) is 19.9. The molecule has 8 heteroatoms. The van der Waals surface area contributed by atoms with Gasteiger partial charge in [0.25, 0.3) is 0 Å². The van der Waals surface area contributed by atoms with E-state index in [9.17, 15) is 9.18 Å². The highest BCUT2D eigenvalue weighted by atomic mass is 127. The second-order valence-corrected chi connectivity index (χ2v) is 6.75. The summed E-state index contributed by atoms with van der Waals surface area (Å²) in [5.41, 5.74) is 1.06. The van der Waals surface area contributed by atoms with Gasteiger partial charge < -0.3 is 20.3 Å². The average Bonchev–Trinajstić information content (AvgIpc) is 2.73. The highest BCUT2D eigenvalue weighted by Gasteiger charge is 2.13. The molecule has 1 unspecified atom stereocenters. The minimum Gasteiger partial charge on any atom is -0.486 e. The number of aliphatic imine (C=N–C) groups is 1. The number of carbonyl (C=O) groups is 1. The number of hydrogen-bond acceptors (Lipinski definition) is 3. The number of nitrogens with one attached hydrogen (secondary N) is 2. The Labute approximate surface area is 194 Å². The first-order valence-electron chi connectivity index (χ1n) is 9.67. The van der Waals surface area contributed by atoms with Crippen LogP contribution in [0.25, 0.3) is 0 Å². The Morgan fingerprint density at radius 2 is 1.77 bits per heavy atom. The molecule has 0 aliphatic rings. The van der Waals surface area contributed by atoms with Crippen molar-refractivity contribution >= 4 is 35.8 Å². The van der Waals surface area contributed by atoms with Crippen LogP contribution < -0.4 is 15.4 Å². The molecule has 164 valence electrons. The van der Waals surface area contributed by atoms with Gasteiger partial charge in [0, 0.05) is 14.1 Å². The SMILES string of the molecule is CCC(CNC(=NCc1ccccc1)NCC(=O)N(C)C)Oc1ccccc1F.I. The molecule has 0 aliphatic heterocycles. The lowest BCUT2D eigenvalue weighted by molar-refractivity contribution is -0.127. The monoisotopic (exact) mass is 528 g/mol. The minimum absolute atomic E-state index is 0. The second-order valence-electron chi connectivity index (χ2n) is 6.75. The summed E-state index contributed by atoms with van der Waals surface area (Å²) in [6, 6.07) is 16.2. The Bertz CT molecular complexity index is 803. The molecule has 2 rings (SSSR count). The highest BCUT2D eigenvalue weighted by Crippen LogP contribution is 2.17. The van der Waals surface area contributed by atoms with E-state index in [1.165, 1.54) is 11.0 Å². The van der Waals surface area contributed by atoms with E-state index in [1.54, 1.807) is 32.3 Å². The van der Waals surface area contributed by atoms with Crippen molar-refractivity contribution in [1.29, 1.82) is 0 Å². The van der Waals surface area contributed by atoms with Gasteiger partial charge in [0.1, 0.15) is 6.10 Å². The van der Waals surface area contributed by atoms with E-state index in [0.717, 1.165) is 5.56 Å². The predicted molar refractivity (Wildman–Crippen MR) is 129 cm³/mol. The van der Waals surface area contributed by atoms with E-state index in [4.69, 9.17) is 4.74 Å². The van der Waals surface area contributed by atoms with Crippen LogP contribution in [0.1, 0.15) is 18.9 Å². The van der Waals surface area contributed by atoms with Gasteiger partial charge in [-0.1, -0.05) is 49.4 Å². The number of amides is 1. The van der Waals surface area contributed by atoms with Gasteiger partial charge in [-0.3, -0.25) is 4.79 Å². The van der Waals surface area contributed by atoms with Crippen LogP contribution in [0.2, 0.25) is 0 Å². The van der Waals surface area contributed by atoms with Crippen molar-refractivity contribution in [2.45, 2.75) is 26.0 Å². The van der Waals surface area contributed by atoms with Gasteiger partial charge >= 0.3 is 0 Å². The summed E-state index contributed by atoms with van der Waals surface area (Å²) >= 11 is 0. The Morgan fingerprint density at radius 3 is 2.40 bits per heavy atom. The van der Waals surface area contributed by atoms with Crippen LogP contribution in [0.3, 0.4) is 0 Å². The maximum atomic E-state index is 13.9. The quantitative estimate of drug-likeness (QED) is 0.298. The molecular weight excluding hydrogens is 498 g/mol. The standard InChI is InChI=1S/C22H29FN4O2.HI/c1-4-18(29-20-13-9-8-12-19(20)23)15-25-22(26-16-21(28)27(2)3)24-14-17-10-6-5-7-11-17;/h5-13,18H,4,14-16H2,1-3H3,(H2,24,25,26);1H. The first-order valence-corrected chi connectivity index (χ1v) is 9.67. The van der Waals surface area contributed by atoms with Crippen molar-refractivity contribution in [2.24, 2.45) is 4.99 Å². The summed E-state index contributed by atoms with van der Waals surface area (Å²) in [5.74, 6) is 0.270. The van der Waals surface area contributed by atoms with Gasteiger partial charge in [-0.2, -0.15) is 0 Å². The lowest BCUT2D eigenvalue weighted by Gasteiger charge is -2.21. The minimum atomic E-state index is -0.390. The molecule has 6 nitrogen and oxygen atoms in total. The van der Waals surface area contributed by atoms with Crippen molar-refractivity contribution in [1.82, 2.24) is 15.5 Å². The van der Waals surface area contributed by atoms with E-state index in [1.807, 2.05) is 37.3 Å². The third-order valence-electron chi connectivity index (χ3n) is 4.25. The third kappa shape index (κ3) is 8.98. The van der Waals surface area contributed by atoms with Gasteiger partial charge in [0.15, 0.2) is 17.5 Å². The van der Waals surface area contributed by atoms with Crippen molar-refractivity contribution in [2.75, 3.05) is 27.2 Å². The molecule has 1 amide bonds. The fraction of sp³-hybridized carbons (Fsp3) is 0.364. The molecule has 0 bridgehead atoms. The summed E-state index contributed by atoms with van der Waals surface area (Å²) in [4.78, 5) is 18.0. The second kappa shape index (κ2) is 13.8. The molecule has 1 atom stereocenters. The molecule has 0 saturated heterocycles. The Hall–Kier alpha value is -2.36. The first kappa shape index (κ1) is 25.7. The molecule has 2 aromatic carbocycles. The van der Waals surface area contributed by atoms with E-state index in [0.29, 0.717) is 25.5 Å². The van der Waals surface area contributed by atoms with Crippen molar-refractivity contribution in [3.63, 3.8) is 0 Å². The van der Waals surface area contributed by atoms with Gasteiger partial charge in [0.05, 0.1) is 19.6 Å². The fourth-order valence-corrected chi connectivity index (χ4v) is 2.45. The summed E-state index contributed by atoms with van der Waals surface area (Å²) in [6.45, 7) is 2.98. The molecule has 30 heavy (non-hydrogen) atoms. The molecular formula is C22H30FIN4O2. The summed E-state index contributed by atoms with van der Waals surface area (Å²) in [5, 5.41) is 6.24. The molecule has 0 spiro atoms.